The predicted molar refractivity (Wildman–Crippen MR) is 121 cm³/mol. The Bertz CT molecular complexity index is 1020. The average Bonchev–Trinajstić information content (AvgIpc) is 3.44. The van der Waals surface area contributed by atoms with E-state index in [-0.39, 0.29) is 12.2 Å². The van der Waals surface area contributed by atoms with Crippen LogP contribution in [0.4, 0.5) is 0 Å². The summed E-state index contributed by atoms with van der Waals surface area (Å²) in [5, 5.41) is 22.7. The van der Waals surface area contributed by atoms with Crippen molar-refractivity contribution in [1.82, 2.24) is 15.2 Å². The van der Waals surface area contributed by atoms with Crippen molar-refractivity contribution in [2.45, 2.75) is 56.7 Å². The van der Waals surface area contributed by atoms with E-state index in [1.807, 2.05) is 12.1 Å². The number of carbonyl (C=O) groups excluding carboxylic acids is 2. The first-order valence-electron chi connectivity index (χ1n) is 11.1. The summed E-state index contributed by atoms with van der Waals surface area (Å²) in [6.07, 6.45) is 3.63. The molecule has 33 heavy (non-hydrogen) atoms. The monoisotopic (exact) mass is 458 g/mol. The Morgan fingerprint density at radius 1 is 1.15 bits per heavy atom. The van der Waals surface area contributed by atoms with Gasteiger partial charge in [0.05, 0.1) is 6.04 Å². The summed E-state index contributed by atoms with van der Waals surface area (Å²) < 4.78 is 0. The molecule has 1 unspecified atom stereocenters. The number of rotatable bonds is 12. The molecule has 0 bridgehead atoms. The molecule has 0 aliphatic carbocycles. The number of aromatic nitrogens is 1. The molecular formula is C23H30N4O6. The number of nitrogens with zero attached hydrogens (tertiary/aromatic N) is 1. The first-order chi connectivity index (χ1) is 15.8. The topological polar surface area (TPSA) is 166 Å². The minimum atomic E-state index is -1.30. The minimum absolute atomic E-state index is 0.296. The second-order valence-electron chi connectivity index (χ2n) is 8.30. The summed E-state index contributed by atoms with van der Waals surface area (Å²) in [5.74, 6) is -3.16. The molecule has 178 valence electrons. The highest BCUT2D eigenvalue weighted by atomic mass is 16.4. The van der Waals surface area contributed by atoms with E-state index in [4.69, 9.17) is 5.73 Å². The second kappa shape index (κ2) is 11.1. The van der Waals surface area contributed by atoms with E-state index in [1.54, 1.807) is 18.3 Å². The number of nitrogens with one attached hydrogen (secondary N) is 2. The van der Waals surface area contributed by atoms with Crippen LogP contribution in [0, 0.1) is 0 Å². The molecule has 2 heterocycles. The van der Waals surface area contributed by atoms with Crippen molar-refractivity contribution in [1.29, 1.82) is 0 Å². The lowest BCUT2D eigenvalue weighted by atomic mass is 10.0. The van der Waals surface area contributed by atoms with Gasteiger partial charge in [0.15, 0.2) is 5.78 Å². The normalized spacial score (nSPS) is 17.7. The Morgan fingerprint density at radius 2 is 1.91 bits per heavy atom. The predicted octanol–water partition coefficient (Wildman–Crippen LogP) is 1.36. The molecular weight excluding hydrogens is 428 g/mol. The molecule has 2 aromatic rings. The lowest BCUT2D eigenvalue weighted by Crippen LogP contribution is -2.54. The molecule has 1 aliphatic rings. The van der Waals surface area contributed by atoms with E-state index in [1.165, 1.54) is 4.90 Å². The van der Waals surface area contributed by atoms with E-state index in [2.05, 4.69) is 10.3 Å². The summed E-state index contributed by atoms with van der Waals surface area (Å²) in [6.45, 7) is 0.723. The Labute approximate surface area is 191 Å². The molecule has 0 spiro atoms. The molecule has 1 aromatic carbocycles. The number of carboxylic acids is 2. The number of nitrogens with two attached hydrogens (primary N) is 1. The Kier molecular flexibility index (Phi) is 8.18. The summed E-state index contributed by atoms with van der Waals surface area (Å²) >= 11 is 0. The number of benzene rings is 1. The van der Waals surface area contributed by atoms with Crippen LogP contribution >= 0.6 is 0 Å². The molecule has 1 aromatic heterocycles. The highest BCUT2D eigenvalue weighted by Crippen LogP contribution is 2.22. The van der Waals surface area contributed by atoms with Crippen LogP contribution in [0.5, 0.6) is 0 Å². The third kappa shape index (κ3) is 5.77. The lowest BCUT2D eigenvalue weighted by Gasteiger charge is -2.29. The number of Topliss-reactive ketones (excluding diaryl/α,β-unsaturated/α-hetero) is 1. The summed E-state index contributed by atoms with van der Waals surface area (Å²) in [6, 6.07) is 4.07. The number of ketones is 1. The van der Waals surface area contributed by atoms with Gasteiger partial charge >= 0.3 is 11.9 Å². The number of amides is 1. The molecule has 3 rings (SSSR count). The number of likely N-dealkylation sites (tertiary alicyclic amines) is 1. The van der Waals surface area contributed by atoms with Gasteiger partial charge in [-0.1, -0.05) is 24.6 Å². The van der Waals surface area contributed by atoms with Crippen LogP contribution < -0.4 is 11.1 Å². The van der Waals surface area contributed by atoms with Crippen LogP contribution in [0.3, 0.4) is 0 Å². The largest absolute Gasteiger partial charge is 0.480 e. The maximum atomic E-state index is 13.2. The van der Waals surface area contributed by atoms with Crippen LogP contribution in [0.25, 0.3) is 10.9 Å². The number of carboxylic acid groups (broad SMARTS) is 2. The van der Waals surface area contributed by atoms with Gasteiger partial charge in [-0.15, -0.1) is 0 Å². The van der Waals surface area contributed by atoms with Crippen molar-refractivity contribution in [2.24, 2.45) is 5.73 Å². The van der Waals surface area contributed by atoms with Gasteiger partial charge in [-0.3, -0.25) is 19.7 Å². The minimum Gasteiger partial charge on any atom is -0.480 e. The number of para-hydroxylation sites is 1. The number of hydrogen-bond acceptors (Lipinski definition) is 6. The number of fused-ring (bicyclic) bond motifs is 1. The molecule has 0 saturated carbocycles. The van der Waals surface area contributed by atoms with Gasteiger partial charge in [-0.25, -0.2) is 4.79 Å². The van der Waals surface area contributed by atoms with Crippen molar-refractivity contribution in [3.8, 4) is 0 Å². The number of unbranched alkanes of at least 4 members (excludes halogenated alkanes) is 1. The molecule has 10 heteroatoms. The maximum Gasteiger partial charge on any atom is 0.326 e. The van der Waals surface area contributed by atoms with Gasteiger partial charge in [-0.05, 0) is 38.3 Å². The van der Waals surface area contributed by atoms with Crippen LogP contribution in [0.2, 0.25) is 0 Å². The van der Waals surface area contributed by atoms with Gasteiger partial charge in [0, 0.05) is 35.6 Å². The fourth-order valence-electron chi connectivity index (χ4n) is 4.32. The van der Waals surface area contributed by atoms with Gasteiger partial charge in [-0.2, -0.15) is 0 Å². The summed E-state index contributed by atoms with van der Waals surface area (Å²) in [7, 11) is 0. The summed E-state index contributed by atoms with van der Waals surface area (Å²) in [4.78, 5) is 53.9. The number of H-pyrrole nitrogens is 1. The first-order valence-corrected chi connectivity index (χ1v) is 11.1. The lowest BCUT2D eigenvalue weighted by molar-refractivity contribution is -0.149. The fourth-order valence-corrected chi connectivity index (χ4v) is 4.32. The van der Waals surface area contributed by atoms with Crippen LogP contribution in [-0.2, 0) is 14.4 Å². The SMILES string of the molecule is NCCCC[C@H](NC(CC(=O)c1c[nH]c2ccccc12)C(=O)O)C(=O)N1CCC[C@H]1C(=O)O. The Balaban J connectivity index is 1.77. The fraction of sp³-hybridized carbons (Fsp3) is 0.478. The zero-order valence-corrected chi connectivity index (χ0v) is 18.3. The molecule has 1 saturated heterocycles. The van der Waals surface area contributed by atoms with Crippen molar-refractivity contribution in [3.63, 3.8) is 0 Å². The molecule has 1 aliphatic heterocycles. The molecule has 6 N–H and O–H groups in total. The molecule has 1 fully saturated rings. The van der Waals surface area contributed by atoms with Gasteiger partial charge in [0.2, 0.25) is 5.91 Å². The zero-order valence-electron chi connectivity index (χ0n) is 18.3. The van der Waals surface area contributed by atoms with E-state index < -0.39 is 36.0 Å². The second-order valence-corrected chi connectivity index (χ2v) is 8.30. The molecule has 3 atom stereocenters. The highest BCUT2D eigenvalue weighted by Gasteiger charge is 2.38. The smallest absolute Gasteiger partial charge is 0.326 e. The zero-order chi connectivity index (χ0) is 24.0. The van der Waals surface area contributed by atoms with Crippen molar-refractivity contribution >= 4 is 34.5 Å². The highest BCUT2D eigenvalue weighted by molar-refractivity contribution is 6.09. The average molecular weight is 459 g/mol. The third-order valence-corrected chi connectivity index (χ3v) is 6.05. The number of carbonyl (C=O) groups is 4. The molecule has 10 nitrogen and oxygen atoms in total. The molecule has 0 radical (unpaired) electrons. The number of hydrogen-bond donors (Lipinski definition) is 5. The van der Waals surface area contributed by atoms with Gasteiger partial charge in [0.1, 0.15) is 12.1 Å². The van der Waals surface area contributed by atoms with Crippen molar-refractivity contribution < 1.29 is 29.4 Å². The standard InChI is InChI=1S/C23H30N4O6/c24-10-4-3-8-17(21(29)27-11-5-9-19(27)23(32)33)26-18(22(30)31)12-20(28)15-13-25-16-7-2-1-6-14(15)16/h1-2,6-7,13,17-19,25-26H,3-5,8-12,24H2,(H,30,31)(H,32,33)/t17-,18?,19-/m0/s1. The van der Waals surface area contributed by atoms with Crippen LogP contribution in [-0.4, -0.2) is 74.9 Å². The first kappa shape index (κ1) is 24.4. The number of aromatic amines is 1. The van der Waals surface area contributed by atoms with Crippen LogP contribution in [0.15, 0.2) is 30.5 Å². The van der Waals surface area contributed by atoms with Gasteiger partial charge in [0.25, 0.3) is 0 Å². The van der Waals surface area contributed by atoms with Crippen molar-refractivity contribution in [3.05, 3.63) is 36.0 Å². The Morgan fingerprint density at radius 3 is 2.61 bits per heavy atom. The Hall–Kier alpha value is -3.24. The quantitative estimate of drug-likeness (QED) is 0.235. The van der Waals surface area contributed by atoms with E-state index in [0.717, 1.165) is 5.52 Å². The summed E-state index contributed by atoms with van der Waals surface area (Å²) in [5.41, 5.74) is 6.71. The third-order valence-electron chi connectivity index (χ3n) is 6.05. The van der Waals surface area contributed by atoms with Crippen molar-refractivity contribution in [2.75, 3.05) is 13.1 Å². The number of aliphatic carboxylic acids is 2. The van der Waals surface area contributed by atoms with E-state index >= 15 is 0 Å². The van der Waals surface area contributed by atoms with E-state index in [0.29, 0.717) is 56.1 Å². The van der Waals surface area contributed by atoms with Crippen LogP contribution in [0.1, 0.15) is 48.9 Å². The van der Waals surface area contributed by atoms with E-state index in [9.17, 15) is 29.4 Å². The molecule has 1 amide bonds. The maximum absolute atomic E-state index is 13.2. The van der Waals surface area contributed by atoms with Gasteiger partial charge < -0.3 is 25.8 Å².